The summed E-state index contributed by atoms with van der Waals surface area (Å²) in [4.78, 5) is 24.4. The van der Waals surface area contributed by atoms with E-state index in [1.165, 1.54) is 77.0 Å². The molecule has 0 saturated carbocycles. The monoisotopic (exact) mass is 738 g/mol. The van der Waals surface area contributed by atoms with Gasteiger partial charge < -0.3 is 9.47 Å². The van der Waals surface area contributed by atoms with Crippen LogP contribution in [0.2, 0.25) is 0 Å². The zero-order valence-corrected chi connectivity index (χ0v) is 32.5. The van der Waals surface area contributed by atoms with E-state index >= 15 is 0 Å². The van der Waals surface area contributed by atoms with Gasteiger partial charge in [0.1, 0.15) is 0 Å². The maximum absolute atomic E-state index is 12.3. The number of esters is 2. The van der Waals surface area contributed by atoms with Crippen molar-refractivity contribution >= 4 is 32.2 Å². The molecule has 0 aliphatic rings. The van der Waals surface area contributed by atoms with Crippen LogP contribution in [0.15, 0.2) is 12.2 Å². The van der Waals surface area contributed by atoms with Crippen LogP contribution in [0.3, 0.4) is 0 Å². The Morgan fingerprint density at radius 2 is 0.816 bits per heavy atom. The molecule has 0 fully saturated rings. The highest BCUT2D eigenvalue weighted by Crippen LogP contribution is 2.20. The summed E-state index contributed by atoms with van der Waals surface area (Å²) >= 11 is 0. The average molecular weight is 739 g/mol. The van der Waals surface area contributed by atoms with Gasteiger partial charge in [-0.25, -0.2) is 4.79 Å². The minimum atomic E-state index is -4.21. The molecule has 0 aromatic rings. The second-order valence-corrected chi connectivity index (χ2v) is 17.0. The van der Waals surface area contributed by atoms with Gasteiger partial charge in [-0.1, -0.05) is 149 Å². The SMILES string of the molecule is C=C(CC(=O)OCCCC(CCCCCCCCCCCC)S(=O)(=O)O)C(=O)OCCCC(CCCCCCCCCCCC)S(=O)(=O)O. The van der Waals surface area contributed by atoms with Crippen molar-refractivity contribution in [3.05, 3.63) is 12.2 Å². The largest absolute Gasteiger partial charge is 0.465 e. The first-order chi connectivity index (χ1) is 23.3. The molecule has 0 aromatic heterocycles. The molecule has 0 aliphatic heterocycles. The number of hydrogen-bond acceptors (Lipinski definition) is 8. The molecule has 0 radical (unpaired) electrons. The Hall–Kier alpha value is -1.50. The summed E-state index contributed by atoms with van der Waals surface area (Å²) in [6.45, 7) is 7.85. The van der Waals surface area contributed by atoms with Gasteiger partial charge in [0.15, 0.2) is 0 Å². The third kappa shape index (κ3) is 28.8. The van der Waals surface area contributed by atoms with E-state index in [9.17, 15) is 35.5 Å². The standard InChI is InChI=1S/C37H70O10S2/c1-4-6-8-10-12-14-16-18-20-22-26-34(48(40,41)42)28-24-30-46-36(38)32-33(3)37(39)47-31-25-29-35(49(43,44)45)27-23-21-19-17-15-13-11-9-7-5-2/h34-35H,3-32H2,1-2H3,(H,40,41,42)(H,43,44,45). The van der Waals surface area contributed by atoms with E-state index in [0.29, 0.717) is 25.7 Å². The molecule has 2 N–H and O–H groups in total. The fraction of sp³-hybridized carbons (Fsp3) is 0.892. The van der Waals surface area contributed by atoms with E-state index in [-0.39, 0.29) is 44.5 Å². The molecular formula is C37H70O10S2. The van der Waals surface area contributed by atoms with Crippen LogP contribution in [-0.4, -0.2) is 61.6 Å². The zero-order valence-electron chi connectivity index (χ0n) is 30.8. The van der Waals surface area contributed by atoms with E-state index in [1.807, 2.05) is 0 Å². The highest BCUT2D eigenvalue weighted by Gasteiger charge is 2.24. The third-order valence-electron chi connectivity index (χ3n) is 9.09. The lowest BCUT2D eigenvalue weighted by Gasteiger charge is -2.14. The molecule has 2 unspecified atom stereocenters. The highest BCUT2D eigenvalue weighted by molar-refractivity contribution is 7.86. The lowest BCUT2D eigenvalue weighted by atomic mass is 10.0. The summed E-state index contributed by atoms with van der Waals surface area (Å²) in [6.07, 6.45) is 23.7. The molecule has 0 spiro atoms. The first-order valence-corrected chi connectivity index (χ1v) is 22.3. The minimum absolute atomic E-state index is 0.0543. The van der Waals surface area contributed by atoms with Crippen LogP contribution in [-0.2, 0) is 39.3 Å². The molecule has 2 atom stereocenters. The predicted molar refractivity (Wildman–Crippen MR) is 198 cm³/mol. The molecule has 0 rings (SSSR count). The van der Waals surface area contributed by atoms with Crippen molar-refractivity contribution in [2.24, 2.45) is 0 Å². The molecule has 0 amide bonds. The third-order valence-corrected chi connectivity index (χ3v) is 11.7. The zero-order chi connectivity index (χ0) is 36.8. The smallest absolute Gasteiger partial charge is 0.333 e. The number of rotatable bonds is 35. The second-order valence-electron chi connectivity index (χ2n) is 13.6. The Balaban J connectivity index is 4.18. The van der Waals surface area contributed by atoms with Gasteiger partial charge in [0.2, 0.25) is 0 Å². The molecular weight excluding hydrogens is 669 g/mol. The van der Waals surface area contributed by atoms with Crippen molar-refractivity contribution in [2.45, 2.75) is 198 Å². The van der Waals surface area contributed by atoms with Crippen LogP contribution in [0.5, 0.6) is 0 Å². The molecule has 0 bridgehead atoms. The number of carbonyl (C=O) groups is 2. The Morgan fingerprint density at radius 1 is 0.510 bits per heavy atom. The van der Waals surface area contributed by atoms with Crippen molar-refractivity contribution in [1.29, 1.82) is 0 Å². The van der Waals surface area contributed by atoms with Gasteiger partial charge in [-0.2, -0.15) is 16.8 Å². The topological polar surface area (TPSA) is 161 Å². The Bertz CT molecular complexity index is 1070. The maximum atomic E-state index is 12.3. The molecule has 0 saturated heterocycles. The number of carbonyl (C=O) groups excluding carboxylic acids is 2. The minimum Gasteiger partial charge on any atom is -0.465 e. The van der Waals surface area contributed by atoms with Gasteiger partial charge in [0.25, 0.3) is 20.2 Å². The van der Waals surface area contributed by atoms with Crippen LogP contribution >= 0.6 is 0 Å². The summed E-state index contributed by atoms with van der Waals surface area (Å²) in [6, 6.07) is 0. The molecule has 290 valence electrons. The fourth-order valence-corrected chi connectivity index (χ4v) is 7.83. The van der Waals surface area contributed by atoms with Crippen molar-refractivity contribution in [2.75, 3.05) is 13.2 Å². The summed E-state index contributed by atoms with van der Waals surface area (Å²) in [5.74, 6) is -1.50. The average Bonchev–Trinajstić information content (AvgIpc) is 3.03. The van der Waals surface area contributed by atoms with Crippen LogP contribution in [0.4, 0.5) is 0 Å². The van der Waals surface area contributed by atoms with Gasteiger partial charge in [0, 0.05) is 5.57 Å². The van der Waals surface area contributed by atoms with E-state index < -0.39 is 49.1 Å². The number of unbranched alkanes of at least 4 members (excludes halogenated alkanes) is 18. The Morgan fingerprint density at radius 3 is 1.16 bits per heavy atom. The second kappa shape index (κ2) is 30.2. The van der Waals surface area contributed by atoms with Gasteiger partial charge in [0.05, 0.1) is 30.1 Å². The van der Waals surface area contributed by atoms with Crippen molar-refractivity contribution < 1.29 is 45.0 Å². The lowest BCUT2D eigenvalue weighted by molar-refractivity contribution is -0.146. The molecule has 12 heteroatoms. The van der Waals surface area contributed by atoms with Gasteiger partial charge in [-0.15, -0.1) is 0 Å². The maximum Gasteiger partial charge on any atom is 0.333 e. The van der Waals surface area contributed by atoms with Crippen LogP contribution in [0.1, 0.15) is 187 Å². The first kappa shape index (κ1) is 47.5. The van der Waals surface area contributed by atoms with Gasteiger partial charge in [-0.05, 0) is 38.5 Å². The van der Waals surface area contributed by atoms with Crippen molar-refractivity contribution in [1.82, 2.24) is 0 Å². The Kier molecular flexibility index (Phi) is 29.2. The number of hydrogen-bond donors (Lipinski definition) is 2. The van der Waals surface area contributed by atoms with Gasteiger partial charge in [-0.3, -0.25) is 13.9 Å². The van der Waals surface area contributed by atoms with E-state index in [4.69, 9.17) is 9.47 Å². The van der Waals surface area contributed by atoms with Crippen LogP contribution in [0.25, 0.3) is 0 Å². The van der Waals surface area contributed by atoms with Gasteiger partial charge >= 0.3 is 11.9 Å². The van der Waals surface area contributed by atoms with E-state index in [1.54, 1.807) is 0 Å². The summed E-state index contributed by atoms with van der Waals surface area (Å²) < 4.78 is 76.9. The number of ether oxygens (including phenoxy) is 2. The van der Waals surface area contributed by atoms with Crippen molar-refractivity contribution in [3.8, 4) is 0 Å². The van der Waals surface area contributed by atoms with Crippen LogP contribution < -0.4 is 0 Å². The molecule has 0 heterocycles. The molecule has 10 nitrogen and oxygen atoms in total. The van der Waals surface area contributed by atoms with Crippen molar-refractivity contribution in [3.63, 3.8) is 0 Å². The highest BCUT2D eigenvalue weighted by atomic mass is 32.2. The Labute approximate surface area is 299 Å². The van der Waals surface area contributed by atoms with E-state index in [2.05, 4.69) is 20.4 Å². The predicted octanol–water partition coefficient (Wildman–Crippen LogP) is 9.71. The lowest BCUT2D eigenvalue weighted by Crippen LogP contribution is -2.22. The fourth-order valence-electron chi connectivity index (χ4n) is 5.98. The molecule has 0 aromatic carbocycles. The van der Waals surface area contributed by atoms with Crippen LogP contribution in [0, 0.1) is 0 Å². The van der Waals surface area contributed by atoms with E-state index in [0.717, 1.165) is 38.5 Å². The summed E-state index contributed by atoms with van der Waals surface area (Å²) in [7, 11) is -8.42. The first-order valence-electron chi connectivity index (χ1n) is 19.3. The molecule has 49 heavy (non-hydrogen) atoms. The summed E-state index contributed by atoms with van der Waals surface area (Å²) in [5, 5.41) is -1.81. The molecule has 0 aliphatic carbocycles. The normalized spacial score (nSPS) is 13.2. The quantitative estimate of drug-likeness (QED) is 0.0277. The summed E-state index contributed by atoms with van der Waals surface area (Å²) in [5.41, 5.74) is -0.113.